The van der Waals surface area contributed by atoms with Crippen LogP contribution in [0.1, 0.15) is 5.69 Å². The van der Waals surface area contributed by atoms with E-state index in [-0.39, 0.29) is 0 Å². The van der Waals surface area contributed by atoms with E-state index in [9.17, 15) is 0 Å². The Bertz CT molecular complexity index is 111. The zero-order valence-corrected chi connectivity index (χ0v) is 5.18. The van der Waals surface area contributed by atoms with E-state index in [0.29, 0.717) is 0 Å². The van der Waals surface area contributed by atoms with Gasteiger partial charge in [0.05, 0.1) is 6.33 Å². The normalized spacial score (nSPS) is 7.38. The molecule has 46 valence electrons. The maximum Gasteiger partial charge on any atom is 0.0921 e. The molecule has 1 aromatic heterocycles. The number of imidazole rings is 1. The highest BCUT2D eigenvalue weighted by atomic mass is 14.8. The van der Waals surface area contributed by atoms with Gasteiger partial charge in [-0.15, -0.1) is 0 Å². The van der Waals surface area contributed by atoms with Crippen molar-refractivity contribution in [2.45, 2.75) is 6.92 Å². The minimum Gasteiger partial charge on any atom is -0.349 e. The van der Waals surface area contributed by atoms with E-state index in [1.54, 1.807) is 12.5 Å². The Balaban J connectivity index is 0.000000222. The molecule has 3 heteroatoms. The Labute approximate surface area is 48.9 Å². The largest absolute Gasteiger partial charge is 0.349 e. The van der Waals surface area contributed by atoms with Crippen molar-refractivity contribution in [3.63, 3.8) is 0 Å². The van der Waals surface area contributed by atoms with Gasteiger partial charge in [0, 0.05) is 11.9 Å². The molecule has 0 amide bonds. The number of H-pyrrole nitrogens is 1. The molecule has 0 atom stereocenters. The van der Waals surface area contributed by atoms with Crippen LogP contribution in [0.2, 0.25) is 0 Å². The summed E-state index contributed by atoms with van der Waals surface area (Å²) >= 11 is 0. The third-order valence-electron chi connectivity index (χ3n) is 0.635. The SMILES string of the molecule is CN.Cc1cnc[nH]1. The summed E-state index contributed by atoms with van der Waals surface area (Å²) in [5, 5.41) is 0. The lowest BCUT2D eigenvalue weighted by Crippen LogP contribution is -1.69. The zero-order valence-electron chi connectivity index (χ0n) is 5.18. The summed E-state index contributed by atoms with van der Waals surface area (Å²) in [7, 11) is 1.50. The standard InChI is InChI=1S/C4H6N2.CH5N/c1-4-2-5-3-6-4;1-2/h2-3H,1H3,(H,5,6);2H2,1H3. The quantitative estimate of drug-likeness (QED) is 0.508. The molecule has 0 radical (unpaired) electrons. The Morgan fingerprint density at radius 3 is 2.38 bits per heavy atom. The van der Waals surface area contributed by atoms with E-state index < -0.39 is 0 Å². The van der Waals surface area contributed by atoms with Crippen LogP contribution < -0.4 is 5.73 Å². The minimum atomic E-state index is 1.11. The molecule has 0 aromatic carbocycles. The van der Waals surface area contributed by atoms with Crippen LogP contribution in [0.4, 0.5) is 0 Å². The average Bonchev–Trinajstić information content (AvgIpc) is 2.24. The first-order valence-electron chi connectivity index (χ1n) is 2.42. The van der Waals surface area contributed by atoms with E-state index >= 15 is 0 Å². The van der Waals surface area contributed by atoms with E-state index in [1.807, 2.05) is 6.92 Å². The van der Waals surface area contributed by atoms with Crippen LogP contribution in [0, 0.1) is 6.92 Å². The van der Waals surface area contributed by atoms with Crippen LogP contribution in [-0.2, 0) is 0 Å². The second kappa shape index (κ2) is 4.33. The van der Waals surface area contributed by atoms with Gasteiger partial charge in [0.2, 0.25) is 0 Å². The van der Waals surface area contributed by atoms with Crippen LogP contribution >= 0.6 is 0 Å². The van der Waals surface area contributed by atoms with Gasteiger partial charge in [0.25, 0.3) is 0 Å². The molecule has 1 aromatic rings. The number of nitrogens with two attached hydrogens (primary N) is 1. The van der Waals surface area contributed by atoms with Gasteiger partial charge in [0.15, 0.2) is 0 Å². The molecule has 0 spiro atoms. The van der Waals surface area contributed by atoms with Crippen molar-refractivity contribution >= 4 is 0 Å². The summed E-state index contributed by atoms with van der Waals surface area (Å²) in [6.45, 7) is 1.97. The predicted molar refractivity (Wildman–Crippen MR) is 33.4 cm³/mol. The number of nitrogens with one attached hydrogen (secondary N) is 1. The molecule has 0 bridgehead atoms. The summed E-state index contributed by atoms with van der Waals surface area (Å²) in [6, 6.07) is 0. The lowest BCUT2D eigenvalue weighted by Gasteiger charge is -1.67. The summed E-state index contributed by atoms with van der Waals surface area (Å²) in [6.07, 6.45) is 3.44. The van der Waals surface area contributed by atoms with Crippen molar-refractivity contribution in [1.82, 2.24) is 9.97 Å². The fourth-order valence-electron chi connectivity index (χ4n) is 0.325. The molecule has 0 saturated carbocycles. The maximum absolute atomic E-state index is 4.50. The number of aromatic amines is 1. The average molecular weight is 113 g/mol. The molecule has 0 aliphatic carbocycles. The Hall–Kier alpha value is -0.830. The van der Waals surface area contributed by atoms with E-state index in [2.05, 4.69) is 15.7 Å². The first kappa shape index (κ1) is 7.17. The van der Waals surface area contributed by atoms with Crippen LogP contribution in [0.15, 0.2) is 12.5 Å². The molecule has 0 aliphatic heterocycles. The number of nitrogens with zero attached hydrogens (tertiary/aromatic N) is 1. The van der Waals surface area contributed by atoms with Crippen molar-refractivity contribution in [2.75, 3.05) is 7.05 Å². The van der Waals surface area contributed by atoms with Crippen molar-refractivity contribution < 1.29 is 0 Å². The highest BCUT2D eigenvalue weighted by Gasteiger charge is 1.73. The number of aromatic nitrogens is 2. The van der Waals surface area contributed by atoms with Crippen molar-refractivity contribution in [1.29, 1.82) is 0 Å². The van der Waals surface area contributed by atoms with Gasteiger partial charge in [-0.3, -0.25) is 0 Å². The van der Waals surface area contributed by atoms with Crippen molar-refractivity contribution in [3.8, 4) is 0 Å². The molecule has 1 heterocycles. The van der Waals surface area contributed by atoms with Gasteiger partial charge in [-0.2, -0.15) is 0 Å². The first-order chi connectivity index (χ1) is 3.89. The van der Waals surface area contributed by atoms with Crippen LogP contribution in [0.3, 0.4) is 0 Å². The van der Waals surface area contributed by atoms with Gasteiger partial charge < -0.3 is 10.7 Å². The molecule has 8 heavy (non-hydrogen) atoms. The van der Waals surface area contributed by atoms with E-state index in [4.69, 9.17) is 0 Å². The molecule has 0 unspecified atom stereocenters. The molecular formula is C5H11N3. The Morgan fingerprint density at radius 1 is 1.62 bits per heavy atom. The zero-order chi connectivity index (χ0) is 6.41. The third kappa shape index (κ3) is 2.36. The van der Waals surface area contributed by atoms with E-state index in [0.717, 1.165) is 5.69 Å². The molecule has 0 aliphatic rings. The predicted octanol–water partition coefficient (Wildman–Crippen LogP) is 0.293. The molecule has 3 N–H and O–H groups in total. The van der Waals surface area contributed by atoms with Gasteiger partial charge in [-0.1, -0.05) is 0 Å². The lowest BCUT2D eigenvalue weighted by atomic mass is 10.6. The summed E-state index contributed by atoms with van der Waals surface area (Å²) in [5.74, 6) is 0. The second-order valence-corrected chi connectivity index (χ2v) is 1.23. The summed E-state index contributed by atoms with van der Waals surface area (Å²) < 4.78 is 0. The smallest absolute Gasteiger partial charge is 0.0921 e. The lowest BCUT2D eigenvalue weighted by molar-refractivity contribution is 1.25. The Morgan fingerprint density at radius 2 is 2.25 bits per heavy atom. The van der Waals surface area contributed by atoms with Crippen LogP contribution in [0.5, 0.6) is 0 Å². The van der Waals surface area contributed by atoms with Crippen LogP contribution in [-0.4, -0.2) is 17.0 Å². The highest BCUT2D eigenvalue weighted by Crippen LogP contribution is 1.81. The minimum absolute atomic E-state index is 1.11. The number of aryl methyl sites for hydroxylation is 1. The molecule has 0 saturated heterocycles. The Kier molecular flexibility index (Phi) is 3.88. The fraction of sp³-hybridized carbons (Fsp3) is 0.400. The molecule has 3 nitrogen and oxygen atoms in total. The number of hydrogen-bond donors (Lipinski definition) is 2. The molecule has 1 rings (SSSR count). The van der Waals surface area contributed by atoms with Crippen molar-refractivity contribution in [3.05, 3.63) is 18.2 Å². The van der Waals surface area contributed by atoms with Gasteiger partial charge >= 0.3 is 0 Å². The third-order valence-corrected chi connectivity index (χ3v) is 0.635. The topological polar surface area (TPSA) is 54.7 Å². The number of rotatable bonds is 0. The summed E-state index contributed by atoms with van der Waals surface area (Å²) in [5.41, 5.74) is 5.61. The van der Waals surface area contributed by atoms with Crippen LogP contribution in [0.25, 0.3) is 0 Å². The second-order valence-electron chi connectivity index (χ2n) is 1.23. The van der Waals surface area contributed by atoms with Gasteiger partial charge in [0.1, 0.15) is 0 Å². The highest BCUT2D eigenvalue weighted by molar-refractivity contribution is 4.87. The van der Waals surface area contributed by atoms with Gasteiger partial charge in [-0.25, -0.2) is 4.98 Å². The molecular weight excluding hydrogens is 102 g/mol. The first-order valence-corrected chi connectivity index (χ1v) is 2.42. The fourth-order valence-corrected chi connectivity index (χ4v) is 0.325. The van der Waals surface area contributed by atoms with Gasteiger partial charge in [-0.05, 0) is 14.0 Å². The maximum atomic E-state index is 4.50. The van der Waals surface area contributed by atoms with E-state index in [1.165, 1.54) is 7.05 Å². The molecule has 0 fully saturated rings. The number of hydrogen-bond acceptors (Lipinski definition) is 2. The monoisotopic (exact) mass is 113 g/mol. The van der Waals surface area contributed by atoms with Crippen molar-refractivity contribution in [2.24, 2.45) is 5.73 Å². The summed E-state index contributed by atoms with van der Waals surface area (Å²) in [4.78, 5) is 6.66.